The number of piperidine rings is 1. The van der Waals surface area contributed by atoms with Crippen LogP contribution in [0.15, 0.2) is 0 Å². The van der Waals surface area contributed by atoms with Crippen molar-refractivity contribution in [1.82, 2.24) is 10.2 Å². The van der Waals surface area contributed by atoms with Crippen LogP contribution in [0, 0.1) is 5.41 Å². The smallest absolute Gasteiger partial charge is 0.234 e. The summed E-state index contributed by atoms with van der Waals surface area (Å²) in [4.78, 5) is 14.0. The summed E-state index contributed by atoms with van der Waals surface area (Å²) >= 11 is 0. The Labute approximate surface area is 105 Å². The predicted octanol–water partition coefficient (Wildman–Crippen LogP) is 2.17. The van der Waals surface area contributed by atoms with Gasteiger partial charge in [-0.2, -0.15) is 0 Å². The number of nitrogens with one attached hydrogen (secondary N) is 1. The molecule has 0 radical (unpaired) electrons. The van der Waals surface area contributed by atoms with Crippen LogP contribution >= 0.6 is 0 Å². The van der Waals surface area contributed by atoms with Crippen molar-refractivity contribution in [1.29, 1.82) is 0 Å². The molecule has 1 saturated carbocycles. The largest absolute Gasteiger partial charge is 0.353 e. The highest BCUT2D eigenvalue weighted by molar-refractivity contribution is 5.78. The Hall–Kier alpha value is -0.570. The molecule has 1 N–H and O–H groups in total. The van der Waals surface area contributed by atoms with Crippen molar-refractivity contribution in [3.8, 4) is 0 Å². The zero-order valence-corrected chi connectivity index (χ0v) is 11.3. The van der Waals surface area contributed by atoms with Crippen molar-refractivity contribution >= 4 is 5.91 Å². The van der Waals surface area contributed by atoms with Crippen molar-refractivity contribution in [3.63, 3.8) is 0 Å². The van der Waals surface area contributed by atoms with E-state index in [0.717, 1.165) is 13.1 Å². The molecule has 0 aromatic carbocycles. The zero-order chi connectivity index (χ0) is 12.3. The number of hydrogen-bond acceptors (Lipinski definition) is 2. The van der Waals surface area contributed by atoms with Crippen molar-refractivity contribution in [3.05, 3.63) is 0 Å². The molecule has 0 aromatic rings. The summed E-state index contributed by atoms with van der Waals surface area (Å²) in [6.07, 6.45) is 8.32. The minimum atomic E-state index is 0.183. The van der Waals surface area contributed by atoms with E-state index >= 15 is 0 Å². The highest BCUT2D eigenvalue weighted by Crippen LogP contribution is 2.45. The number of amides is 1. The predicted molar refractivity (Wildman–Crippen MR) is 69.9 cm³/mol. The van der Waals surface area contributed by atoms with Gasteiger partial charge in [-0.25, -0.2) is 0 Å². The second-order valence-electron chi connectivity index (χ2n) is 6.21. The van der Waals surface area contributed by atoms with Crippen LogP contribution in [0.3, 0.4) is 0 Å². The molecule has 1 spiro atoms. The number of likely N-dealkylation sites (tertiary alicyclic amines) is 1. The minimum Gasteiger partial charge on any atom is -0.353 e. The minimum absolute atomic E-state index is 0.183. The Bertz CT molecular complexity index is 259. The number of carbonyl (C=O) groups is 1. The van der Waals surface area contributed by atoms with Crippen LogP contribution < -0.4 is 5.32 Å². The fourth-order valence-electron chi connectivity index (χ4n) is 3.38. The monoisotopic (exact) mass is 238 g/mol. The average molecular weight is 238 g/mol. The van der Waals surface area contributed by atoms with Crippen LogP contribution in [0.4, 0.5) is 0 Å². The van der Waals surface area contributed by atoms with Crippen LogP contribution in [0.5, 0.6) is 0 Å². The average Bonchev–Trinajstić information content (AvgIpc) is 2.69. The van der Waals surface area contributed by atoms with Gasteiger partial charge in [0.05, 0.1) is 6.54 Å². The maximum absolute atomic E-state index is 11.7. The van der Waals surface area contributed by atoms with Gasteiger partial charge in [-0.05, 0) is 58.0 Å². The maximum Gasteiger partial charge on any atom is 0.234 e. The molecular formula is C14H26N2O. The molecule has 3 nitrogen and oxygen atoms in total. The topological polar surface area (TPSA) is 32.3 Å². The molecule has 2 aliphatic rings. The maximum atomic E-state index is 11.7. The molecule has 1 saturated heterocycles. The van der Waals surface area contributed by atoms with Crippen LogP contribution in [0.25, 0.3) is 0 Å². The number of hydrogen-bond donors (Lipinski definition) is 1. The molecule has 1 aliphatic carbocycles. The highest BCUT2D eigenvalue weighted by Gasteiger charge is 2.36. The quantitative estimate of drug-likeness (QED) is 0.817. The van der Waals surface area contributed by atoms with Gasteiger partial charge in [0.1, 0.15) is 0 Å². The molecule has 0 unspecified atom stereocenters. The van der Waals surface area contributed by atoms with Crippen LogP contribution in [-0.2, 0) is 4.79 Å². The van der Waals surface area contributed by atoms with Gasteiger partial charge in [0.2, 0.25) is 5.91 Å². The molecule has 2 fully saturated rings. The van der Waals surface area contributed by atoms with Gasteiger partial charge in [0.25, 0.3) is 0 Å². The van der Waals surface area contributed by atoms with Gasteiger partial charge in [0.15, 0.2) is 0 Å². The first-order valence-corrected chi connectivity index (χ1v) is 7.11. The van der Waals surface area contributed by atoms with E-state index in [2.05, 4.69) is 10.2 Å². The van der Waals surface area contributed by atoms with Crippen LogP contribution in [0.2, 0.25) is 0 Å². The molecule has 2 rings (SSSR count). The Morgan fingerprint density at radius 1 is 1.18 bits per heavy atom. The van der Waals surface area contributed by atoms with Crippen molar-refractivity contribution < 1.29 is 4.79 Å². The summed E-state index contributed by atoms with van der Waals surface area (Å²) in [5.41, 5.74) is 0.658. The van der Waals surface area contributed by atoms with E-state index in [1.54, 1.807) is 0 Å². The van der Waals surface area contributed by atoms with Gasteiger partial charge in [-0.1, -0.05) is 12.8 Å². The normalized spacial score (nSPS) is 24.4. The van der Waals surface area contributed by atoms with Gasteiger partial charge in [-0.15, -0.1) is 0 Å². The van der Waals surface area contributed by atoms with E-state index in [-0.39, 0.29) is 11.9 Å². The highest BCUT2D eigenvalue weighted by atomic mass is 16.2. The Kier molecular flexibility index (Phi) is 4.08. The van der Waals surface area contributed by atoms with Gasteiger partial charge in [-0.3, -0.25) is 9.69 Å². The second-order valence-corrected chi connectivity index (χ2v) is 6.21. The third-order valence-corrected chi connectivity index (χ3v) is 4.40. The molecule has 0 atom stereocenters. The fraction of sp³-hybridized carbons (Fsp3) is 0.929. The Morgan fingerprint density at radius 3 is 2.29 bits per heavy atom. The first-order valence-electron chi connectivity index (χ1n) is 7.11. The summed E-state index contributed by atoms with van der Waals surface area (Å²) < 4.78 is 0. The van der Waals surface area contributed by atoms with Crippen molar-refractivity contribution in [2.75, 3.05) is 19.6 Å². The molecule has 1 amide bonds. The van der Waals surface area contributed by atoms with E-state index < -0.39 is 0 Å². The number of nitrogens with zero attached hydrogens (tertiary/aromatic N) is 1. The van der Waals surface area contributed by atoms with E-state index in [1.165, 1.54) is 38.5 Å². The van der Waals surface area contributed by atoms with Gasteiger partial charge < -0.3 is 5.32 Å². The van der Waals surface area contributed by atoms with E-state index in [9.17, 15) is 4.79 Å². The number of rotatable bonds is 3. The summed E-state index contributed by atoms with van der Waals surface area (Å²) in [6.45, 7) is 6.86. The molecule has 3 heteroatoms. The summed E-state index contributed by atoms with van der Waals surface area (Å²) in [7, 11) is 0. The van der Waals surface area contributed by atoms with Gasteiger partial charge in [0, 0.05) is 6.04 Å². The Morgan fingerprint density at radius 2 is 1.76 bits per heavy atom. The molecule has 0 aromatic heterocycles. The first kappa shape index (κ1) is 12.9. The molecule has 17 heavy (non-hydrogen) atoms. The lowest BCUT2D eigenvalue weighted by atomic mass is 9.77. The SMILES string of the molecule is CC(C)NC(=O)CN1CCC2(CCCC2)CC1. The number of carbonyl (C=O) groups excluding carboxylic acids is 1. The van der Waals surface area contributed by atoms with Crippen LogP contribution in [0.1, 0.15) is 52.4 Å². The fourth-order valence-corrected chi connectivity index (χ4v) is 3.38. The van der Waals surface area contributed by atoms with Gasteiger partial charge >= 0.3 is 0 Å². The van der Waals surface area contributed by atoms with Crippen molar-refractivity contribution in [2.45, 2.75) is 58.4 Å². The lowest BCUT2D eigenvalue weighted by Crippen LogP contribution is -2.45. The summed E-state index contributed by atoms with van der Waals surface area (Å²) in [5, 5.41) is 2.97. The lowest BCUT2D eigenvalue weighted by molar-refractivity contribution is -0.123. The standard InChI is InChI=1S/C14H26N2O/c1-12(2)15-13(17)11-16-9-7-14(8-10-16)5-3-4-6-14/h12H,3-11H2,1-2H3,(H,15,17). The molecular weight excluding hydrogens is 212 g/mol. The van der Waals surface area contributed by atoms with Crippen LogP contribution in [-0.4, -0.2) is 36.5 Å². The Balaban J connectivity index is 1.73. The lowest BCUT2D eigenvalue weighted by Gasteiger charge is -2.39. The molecule has 98 valence electrons. The summed E-state index contributed by atoms with van der Waals surface area (Å²) in [5.74, 6) is 0.183. The molecule has 0 bridgehead atoms. The summed E-state index contributed by atoms with van der Waals surface area (Å²) in [6, 6.07) is 0.258. The van der Waals surface area contributed by atoms with E-state index in [4.69, 9.17) is 0 Å². The van der Waals surface area contributed by atoms with E-state index in [1.807, 2.05) is 13.8 Å². The second kappa shape index (κ2) is 5.38. The van der Waals surface area contributed by atoms with Crippen molar-refractivity contribution in [2.24, 2.45) is 5.41 Å². The molecule has 1 aliphatic heterocycles. The molecule has 1 heterocycles. The first-order chi connectivity index (χ1) is 8.10. The zero-order valence-electron chi connectivity index (χ0n) is 11.3. The van der Waals surface area contributed by atoms with E-state index in [0.29, 0.717) is 12.0 Å². The third-order valence-electron chi connectivity index (χ3n) is 4.40. The third kappa shape index (κ3) is 3.44.